The van der Waals surface area contributed by atoms with Gasteiger partial charge in [-0.2, -0.15) is 0 Å². The van der Waals surface area contributed by atoms with Crippen LogP contribution in [0.3, 0.4) is 0 Å². The van der Waals surface area contributed by atoms with Gasteiger partial charge in [-0.25, -0.2) is 9.37 Å². The van der Waals surface area contributed by atoms with Crippen molar-refractivity contribution in [3.63, 3.8) is 0 Å². The van der Waals surface area contributed by atoms with Crippen molar-refractivity contribution in [1.82, 2.24) is 19.8 Å². The van der Waals surface area contributed by atoms with Crippen molar-refractivity contribution in [2.45, 2.75) is 51.4 Å². The number of halogens is 1. The van der Waals surface area contributed by atoms with Gasteiger partial charge in [-0.1, -0.05) is 12.1 Å². The summed E-state index contributed by atoms with van der Waals surface area (Å²) in [7, 11) is 0. The predicted octanol–water partition coefficient (Wildman–Crippen LogP) is 3.37. The van der Waals surface area contributed by atoms with E-state index in [0.717, 1.165) is 18.4 Å². The molecule has 1 atom stereocenters. The molecule has 2 N–H and O–H groups in total. The third-order valence-corrected chi connectivity index (χ3v) is 6.67. The largest absolute Gasteiger partial charge is 0.494 e. The minimum Gasteiger partial charge on any atom is -0.494 e. The molecule has 2 aliphatic rings. The molecule has 0 spiro atoms. The van der Waals surface area contributed by atoms with Crippen molar-refractivity contribution in [3.8, 4) is 5.75 Å². The highest BCUT2D eigenvalue weighted by molar-refractivity contribution is 6.11. The first-order valence-electron chi connectivity index (χ1n) is 12.3. The summed E-state index contributed by atoms with van der Waals surface area (Å²) in [5.74, 6) is -0.896. The van der Waals surface area contributed by atoms with E-state index in [0.29, 0.717) is 18.0 Å². The van der Waals surface area contributed by atoms with Crippen molar-refractivity contribution in [2.24, 2.45) is 0 Å². The molecule has 2 heterocycles. The lowest BCUT2D eigenvalue weighted by molar-refractivity contribution is -0.133. The molecule has 0 unspecified atom stereocenters. The highest BCUT2D eigenvalue weighted by atomic mass is 19.1. The molecule has 2 aromatic carbocycles. The number of fused-ring (bicyclic) bond motifs is 1. The molecule has 0 saturated heterocycles. The number of carbonyl (C=O) groups is 3. The number of nitrogens with zero attached hydrogens (tertiary/aromatic N) is 3. The van der Waals surface area contributed by atoms with E-state index in [-0.39, 0.29) is 42.2 Å². The van der Waals surface area contributed by atoms with Crippen LogP contribution in [0.25, 0.3) is 0 Å². The van der Waals surface area contributed by atoms with E-state index < -0.39 is 17.4 Å². The third kappa shape index (κ3) is 4.78. The normalized spacial score (nSPS) is 18.8. The lowest BCUT2D eigenvalue weighted by Crippen LogP contribution is -2.64. The summed E-state index contributed by atoms with van der Waals surface area (Å²) in [6.07, 6.45) is 3.00. The Morgan fingerprint density at radius 2 is 1.84 bits per heavy atom. The second kappa shape index (κ2) is 9.68. The number of carbonyl (C=O) groups excluding carboxylic acids is 3. The SMILES string of the molecule is CCOc1ccc(NC(=O)c2ncn3c2C(=O)N(C2CC2)[C@@](C)(C(=O)NCc2ccc(F)cc2)C3)cc1. The highest BCUT2D eigenvalue weighted by Crippen LogP contribution is 2.39. The van der Waals surface area contributed by atoms with E-state index in [4.69, 9.17) is 4.74 Å². The average Bonchev–Trinajstić information content (AvgIpc) is 3.62. The van der Waals surface area contributed by atoms with Crippen molar-refractivity contribution >= 4 is 23.4 Å². The van der Waals surface area contributed by atoms with Gasteiger partial charge in [-0.3, -0.25) is 14.4 Å². The Balaban J connectivity index is 1.36. The van der Waals surface area contributed by atoms with Gasteiger partial charge >= 0.3 is 0 Å². The monoisotopic (exact) mass is 505 g/mol. The van der Waals surface area contributed by atoms with Gasteiger partial charge in [0.1, 0.15) is 22.8 Å². The van der Waals surface area contributed by atoms with Crippen molar-refractivity contribution in [1.29, 1.82) is 0 Å². The molecule has 1 saturated carbocycles. The number of aromatic nitrogens is 2. The van der Waals surface area contributed by atoms with Crippen LogP contribution in [0.1, 0.15) is 53.2 Å². The summed E-state index contributed by atoms with van der Waals surface area (Å²) in [5.41, 5.74) is 0.296. The van der Waals surface area contributed by atoms with Crippen LogP contribution in [0.15, 0.2) is 54.9 Å². The maximum absolute atomic E-state index is 13.7. The first-order chi connectivity index (χ1) is 17.8. The molecule has 9 nitrogen and oxygen atoms in total. The summed E-state index contributed by atoms with van der Waals surface area (Å²) < 4.78 is 20.2. The number of rotatable bonds is 8. The number of nitrogens with one attached hydrogen (secondary N) is 2. The Bertz CT molecular complexity index is 1330. The molecule has 3 amide bonds. The van der Waals surface area contributed by atoms with Gasteiger partial charge in [0, 0.05) is 18.3 Å². The molecular weight excluding hydrogens is 477 g/mol. The molecule has 0 bridgehead atoms. The maximum atomic E-state index is 13.7. The lowest BCUT2D eigenvalue weighted by atomic mass is 9.93. The van der Waals surface area contributed by atoms with Gasteiger partial charge < -0.3 is 24.8 Å². The fourth-order valence-corrected chi connectivity index (χ4v) is 4.69. The zero-order valence-corrected chi connectivity index (χ0v) is 20.7. The van der Waals surface area contributed by atoms with E-state index in [1.165, 1.54) is 18.5 Å². The number of amides is 3. The Morgan fingerprint density at radius 1 is 1.14 bits per heavy atom. The minimum absolute atomic E-state index is 0.0123. The van der Waals surface area contributed by atoms with E-state index in [2.05, 4.69) is 15.6 Å². The number of hydrogen-bond acceptors (Lipinski definition) is 5. The van der Waals surface area contributed by atoms with Gasteiger partial charge in [0.15, 0.2) is 5.69 Å². The van der Waals surface area contributed by atoms with Gasteiger partial charge in [0.05, 0.1) is 19.5 Å². The van der Waals surface area contributed by atoms with Crippen LogP contribution < -0.4 is 15.4 Å². The second-order valence-electron chi connectivity index (χ2n) is 9.47. The predicted molar refractivity (Wildman–Crippen MR) is 134 cm³/mol. The van der Waals surface area contributed by atoms with Gasteiger partial charge in [-0.05, 0) is 68.7 Å². The summed E-state index contributed by atoms with van der Waals surface area (Å²) in [6, 6.07) is 12.7. The van der Waals surface area contributed by atoms with Crippen LogP contribution in [0.4, 0.5) is 10.1 Å². The molecule has 1 aromatic heterocycles. The number of ether oxygens (including phenoxy) is 1. The first-order valence-corrected chi connectivity index (χ1v) is 12.3. The van der Waals surface area contributed by atoms with E-state index in [1.54, 1.807) is 52.8 Å². The zero-order chi connectivity index (χ0) is 26.2. The van der Waals surface area contributed by atoms with E-state index in [9.17, 15) is 18.8 Å². The molecule has 5 rings (SSSR count). The smallest absolute Gasteiger partial charge is 0.276 e. The molecule has 10 heteroatoms. The van der Waals surface area contributed by atoms with Gasteiger partial charge in [0.2, 0.25) is 5.91 Å². The topological polar surface area (TPSA) is 106 Å². The lowest BCUT2D eigenvalue weighted by Gasteiger charge is -2.44. The molecule has 192 valence electrons. The fraction of sp³-hybridized carbons (Fsp3) is 0.333. The molecule has 1 aliphatic heterocycles. The minimum atomic E-state index is -1.17. The molecule has 3 aromatic rings. The molecule has 37 heavy (non-hydrogen) atoms. The standard InChI is InChI=1S/C27H28FN5O4/c1-3-37-21-12-8-19(9-13-21)31-24(34)22-23-25(35)33(20-10-11-20)27(2,15-32(23)16-30-22)26(36)29-14-17-4-6-18(28)7-5-17/h4-9,12-13,16,20H,3,10-11,14-15H2,1-2H3,(H,29,36)(H,31,34)/t27-/m1/s1. The Morgan fingerprint density at radius 3 is 2.49 bits per heavy atom. The van der Waals surface area contributed by atoms with E-state index in [1.807, 2.05) is 6.92 Å². The molecule has 1 fully saturated rings. The van der Waals surface area contributed by atoms with Crippen LogP contribution >= 0.6 is 0 Å². The second-order valence-corrected chi connectivity index (χ2v) is 9.47. The number of anilines is 1. The van der Waals surface area contributed by atoms with Crippen LogP contribution in [-0.4, -0.2) is 50.4 Å². The van der Waals surface area contributed by atoms with Crippen LogP contribution in [-0.2, 0) is 17.9 Å². The first kappa shape index (κ1) is 24.5. The Labute approximate surface area is 213 Å². The van der Waals surface area contributed by atoms with E-state index >= 15 is 0 Å². The van der Waals surface area contributed by atoms with Crippen molar-refractivity contribution in [2.75, 3.05) is 11.9 Å². The average molecular weight is 506 g/mol. The van der Waals surface area contributed by atoms with Crippen LogP contribution in [0.5, 0.6) is 5.75 Å². The van der Waals surface area contributed by atoms with Crippen LogP contribution in [0.2, 0.25) is 0 Å². The fourth-order valence-electron chi connectivity index (χ4n) is 4.69. The van der Waals surface area contributed by atoms with Crippen LogP contribution in [0, 0.1) is 5.82 Å². The third-order valence-electron chi connectivity index (χ3n) is 6.67. The Hall–Kier alpha value is -4.21. The Kier molecular flexibility index (Phi) is 6.41. The highest BCUT2D eigenvalue weighted by Gasteiger charge is 2.53. The summed E-state index contributed by atoms with van der Waals surface area (Å²) in [5, 5.41) is 5.67. The number of hydrogen-bond donors (Lipinski definition) is 2. The molecule has 1 aliphatic carbocycles. The quantitative estimate of drug-likeness (QED) is 0.488. The zero-order valence-electron chi connectivity index (χ0n) is 20.7. The molecular formula is C27H28FN5O4. The van der Waals surface area contributed by atoms with Gasteiger partial charge in [0.25, 0.3) is 11.8 Å². The number of imidazole rings is 1. The summed E-state index contributed by atoms with van der Waals surface area (Å²) in [4.78, 5) is 46.1. The summed E-state index contributed by atoms with van der Waals surface area (Å²) in [6.45, 7) is 4.51. The molecule has 0 radical (unpaired) electrons. The summed E-state index contributed by atoms with van der Waals surface area (Å²) >= 11 is 0. The van der Waals surface area contributed by atoms with Gasteiger partial charge in [-0.15, -0.1) is 0 Å². The van der Waals surface area contributed by atoms with Crippen molar-refractivity contribution in [3.05, 3.63) is 77.6 Å². The van der Waals surface area contributed by atoms with Crippen molar-refractivity contribution < 1.29 is 23.5 Å². The maximum Gasteiger partial charge on any atom is 0.276 e. The number of benzene rings is 2.